The van der Waals surface area contributed by atoms with E-state index < -0.39 is 0 Å². The zero-order valence-electron chi connectivity index (χ0n) is 12.5. The molecule has 2 N–H and O–H groups in total. The highest BCUT2D eigenvalue weighted by molar-refractivity contribution is 6.30. The minimum Gasteiger partial charge on any atom is -0.508 e. The maximum Gasteiger partial charge on any atom is 0.120 e. The van der Waals surface area contributed by atoms with Crippen LogP contribution >= 0.6 is 36.4 Å². The average Bonchev–Trinajstić information content (AvgIpc) is 2.44. The van der Waals surface area contributed by atoms with Gasteiger partial charge in [-0.1, -0.05) is 31.9 Å². The summed E-state index contributed by atoms with van der Waals surface area (Å²) in [5.74, 6) is 0.843. The van der Waals surface area contributed by atoms with Crippen molar-refractivity contribution >= 4 is 36.4 Å². The Labute approximate surface area is 144 Å². The van der Waals surface area contributed by atoms with Crippen molar-refractivity contribution in [3.8, 4) is 5.75 Å². The molecule has 1 fully saturated rings. The summed E-state index contributed by atoms with van der Waals surface area (Å²) in [6.45, 7) is 8.49. The summed E-state index contributed by atoms with van der Waals surface area (Å²) in [4.78, 5) is 2.45. The van der Waals surface area contributed by atoms with Crippen molar-refractivity contribution in [1.29, 1.82) is 0 Å². The molecule has 0 spiro atoms. The molecule has 2 atom stereocenters. The van der Waals surface area contributed by atoms with Gasteiger partial charge in [-0.25, -0.2) is 0 Å². The fourth-order valence-electron chi connectivity index (χ4n) is 2.81. The quantitative estimate of drug-likeness (QED) is 0.860. The fraction of sp³-hybridized carbons (Fsp3) is 0.600. The number of phenolic OH excluding ortho intramolecular Hbond substituents is 1. The Morgan fingerprint density at radius 3 is 2.48 bits per heavy atom. The van der Waals surface area contributed by atoms with Gasteiger partial charge in [0.15, 0.2) is 0 Å². The Morgan fingerprint density at radius 2 is 1.90 bits per heavy atom. The van der Waals surface area contributed by atoms with E-state index in [4.69, 9.17) is 11.6 Å². The van der Waals surface area contributed by atoms with Crippen LogP contribution in [0.1, 0.15) is 31.9 Å². The van der Waals surface area contributed by atoms with Crippen LogP contribution in [-0.2, 0) is 0 Å². The smallest absolute Gasteiger partial charge is 0.120 e. The summed E-state index contributed by atoms with van der Waals surface area (Å²) in [6.07, 6.45) is 1.08. The van der Waals surface area contributed by atoms with Gasteiger partial charge < -0.3 is 10.4 Å². The highest BCUT2D eigenvalue weighted by Crippen LogP contribution is 2.37. The number of halogens is 3. The van der Waals surface area contributed by atoms with Crippen LogP contribution in [0.25, 0.3) is 0 Å². The number of piperazine rings is 1. The van der Waals surface area contributed by atoms with Gasteiger partial charge in [-0.05, 0) is 24.1 Å². The molecule has 1 aliphatic heterocycles. The molecule has 1 heterocycles. The van der Waals surface area contributed by atoms with Crippen molar-refractivity contribution < 1.29 is 5.11 Å². The van der Waals surface area contributed by atoms with E-state index in [1.54, 1.807) is 12.1 Å². The van der Waals surface area contributed by atoms with Crippen LogP contribution in [0.2, 0.25) is 5.02 Å². The molecule has 0 bridgehead atoms. The molecule has 3 nitrogen and oxygen atoms in total. The van der Waals surface area contributed by atoms with Gasteiger partial charge in [-0.3, -0.25) is 4.90 Å². The van der Waals surface area contributed by atoms with E-state index in [0.717, 1.165) is 38.2 Å². The van der Waals surface area contributed by atoms with Gasteiger partial charge in [-0.15, -0.1) is 24.8 Å². The lowest BCUT2D eigenvalue weighted by molar-refractivity contribution is 0.126. The molecule has 0 aliphatic carbocycles. The molecule has 1 aromatic carbocycles. The Morgan fingerprint density at radius 1 is 1.29 bits per heavy atom. The van der Waals surface area contributed by atoms with Gasteiger partial charge in [0.1, 0.15) is 5.75 Å². The van der Waals surface area contributed by atoms with Crippen molar-refractivity contribution in [2.75, 3.05) is 26.2 Å². The van der Waals surface area contributed by atoms with Gasteiger partial charge in [-0.2, -0.15) is 0 Å². The summed E-state index contributed by atoms with van der Waals surface area (Å²) in [5.41, 5.74) is 0.962. The van der Waals surface area contributed by atoms with Crippen molar-refractivity contribution in [3.63, 3.8) is 0 Å². The van der Waals surface area contributed by atoms with Gasteiger partial charge in [0.2, 0.25) is 0 Å². The second kappa shape index (κ2) is 9.75. The molecule has 6 heteroatoms. The monoisotopic (exact) mass is 354 g/mol. The van der Waals surface area contributed by atoms with Crippen LogP contribution in [-0.4, -0.2) is 36.2 Å². The molecule has 0 radical (unpaired) electrons. The Kier molecular flexibility index (Phi) is 9.66. The Hall–Kier alpha value is -0.190. The minimum atomic E-state index is 0. The third-order valence-corrected chi connectivity index (χ3v) is 4.27. The van der Waals surface area contributed by atoms with Crippen LogP contribution < -0.4 is 5.32 Å². The van der Waals surface area contributed by atoms with Crippen molar-refractivity contribution in [1.82, 2.24) is 10.2 Å². The fourth-order valence-corrected chi connectivity index (χ4v) is 2.99. The molecule has 21 heavy (non-hydrogen) atoms. The van der Waals surface area contributed by atoms with Crippen LogP contribution in [0, 0.1) is 5.92 Å². The summed E-state index contributed by atoms with van der Waals surface area (Å²) >= 11 is 6.11. The number of rotatable bonds is 4. The number of hydrogen-bond acceptors (Lipinski definition) is 3. The molecular weight excluding hydrogens is 331 g/mol. The van der Waals surface area contributed by atoms with Crippen LogP contribution in [0.4, 0.5) is 0 Å². The molecule has 0 aromatic heterocycles. The predicted molar refractivity (Wildman–Crippen MR) is 94.3 cm³/mol. The summed E-state index contributed by atoms with van der Waals surface area (Å²) in [5, 5.41) is 14.2. The number of nitrogens with zero attached hydrogens (tertiary/aromatic N) is 1. The molecule has 1 saturated heterocycles. The number of phenols is 1. The molecule has 122 valence electrons. The van der Waals surface area contributed by atoms with Crippen molar-refractivity contribution in [2.24, 2.45) is 5.92 Å². The Balaban J connectivity index is 0.00000200. The van der Waals surface area contributed by atoms with E-state index in [0.29, 0.717) is 16.7 Å². The first-order valence-electron chi connectivity index (χ1n) is 7.06. The third kappa shape index (κ3) is 5.19. The van der Waals surface area contributed by atoms with Gasteiger partial charge in [0.25, 0.3) is 0 Å². The van der Waals surface area contributed by atoms with E-state index in [-0.39, 0.29) is 30.9 Å². The lowest BCUT2D eigenvalue weighted by Gasteiger charge is -2.38. The molecule has 2 rings (SSSR count). The first-order valence-corrected chi connectivity index (χ1v) is 7.44. The molecule has 1 aromatic rings. The van der Waals surface area contributed by atoms with E-state index in [2.05, 4.69) is 24.1 Å². The van der Waals surface area contributed by atoms with Crippen LogP contribution in [0.3, 0.4) is 0 Å². The highest BCUT2D eigenvalue weighted by Gasteiger charge is 2.28. The average molecular weight is 356 g/mol. The van der Waals surface area contributed by atoms with Crippen LogP contribution in [0.5, 0.6) is 5.75 Å². The second-order valence-electron chi connectivity index (χ2n) is 5.32. The molecular formula is C15H25Cl3N2O. The van der Waals surface area contributed by atoms with E-state index in [1.807, 2.05) is 6.07 Å². The maximum atomic E-state index is 10.2. The highest BCUT2D eigenvalue weighted by atomic mass is 35.5. The summed E-state index contributed by atoms with van der Waals surface area (Å²) in [7, 11) is 0. The largest absolute Gasteiger partial charge is 0.508 e. The molecule has 1 aliphatic rings. The first kappa shape index (κ1) is 20.8. The SMILES string of the molecule is CCC(C)[C@@H](c1cc(Cl)ccc1O)N1CCNCC1.Cl.Cl. The molecule has 0 saturated carbocycles. The number of hydrogen-bond donors (Lipinski definition) is 2. The van der Waals surface area contributed by atoms with Crippen LogP contribution in [0.15, 0.2) is 18.2 Å². The van der Waals surface area contributed by atoms with Gasteiger partial charge >= 0.3 is 0 Å². The predicted octanol–water partition coefficient (Wildman–Crippen LogP) is 3.88. The van der Waals surface area contributed by atoms with E-state index in [9.17, 15) is 5.11 Å². The first-order chi connectivity index (χ1) is 9.13. The standard InChI is InChI=1S/C15H23ClN2O.2ClH/c1-3-11(2)15(18-8-6-17-7-9-18)13-10-12(16)4-5-14(13)19;;/h4-5,10-11,15,17,19H,3,6-9H2,1-2H3;2*1H/t11?,15-;;/m0../s1. The number of aromatic hydroxyl groups is 1. The normalized spacial score (nSPS) is 18.2. The summed E-state index contributed by atoms with van der Waals surface area (Å²) < 4.78 is 0. The Bertz CT molecular complexity index is 425. The van der Waals surface area contributed by atoms with Gasteiger partial charge in [0.05, 0.1) is 0 Å². The molecule has 1 unspecified atom stereocenters. The third-order valence-electron chi connectivity index (χ3n) is 4.04. The zero-order chi connectivity index (χ0) is 13.8. The van der Waals surface area contributed by atoms with E-state index >= 15 is 0 Å². The number of benzene rings is 1. The van der Waals surface area contributed by atoms with Gasteiger partial charge in [0, 0.05) is 42.8 Å². The number of nitrogens with one attached hydrogen (secondary N) is 1. The second-order valence-corrected chi connectivity index (χ2v) is 5.76. The van der Waals surface area contributed by atoms with Crippen molar-refractivity contribution in [2.45, 2.75) is 26.3 Å². The van der Waals surface area contributed by atoms with E-state index in [1.165, 1.54) is 0 Å². The topological polar surface area (TPSA) is 35.5 Å². The molecule has 0 amide bonds. The maximum absolute atomic E-state index is 10.2. The van der Waals surface area contributed by atoms with Crippen molar-refractivity contribution in [3.05, 3.63) is 28.8 Å². The lowest BCUT2D eigenvalue weighted by Crippen LogP contribution is -2.46. The lowest BCUT2D eigenvalue weighted by atomic mass is 9.90. The summed E-state index contributed by atoms with van der Waals surface area (Å²) in [6, 6.07) is 5.60. The zero-order valence-corrected chi connectivity index (χ0v) is 14.9. The minimum absolute atomic E-state index is 0.